The van der Waals surface area contributed by atoms with Gasteiger partial charge in [-0.15, -0.1) is 0 Å². The fourth-order valence-corrected chi connectivity index (χ4v) is 4.38. The molecule has 0 amide bonds. The highest BCUT2D eigenvalue weighted by Crippen LogP contribution is 2.37. The van der Waals surface area contributed by atoms with E-state index in [9.17, 15) is 21.6 Å². The minimum atomic E-state index is -4.41. The van der Waals surface area contributed by atoms with Crippen LogP contribution < -0.4 is 9.62 Å². The first kappa shape index (κ1) is 15.6. The Balaban J connectivity index is 1.73. The molecule has 1 aromatic carbocycles. The zero-order valence-electron chi connectivity index (χ0n) is 11.8. The molecule has 1 aliphatic carbocycles. The molecule has 8 heteroatoms. The van der Waals surface area contributed by atoms with E-state index in [-0.39, 0.29) is 23.5 Å². The van der Waals surface area contributed by atoms with Crippen LogP contribution >= 0.6 is 0 Å². The highest BCUT2D eigenvalue weighted by molar-refractivity contribution is 7.90. The van der Waals surface area contributed by atoms with Crippen LogP contribution in [0.25, 0.3) is 0 Å². The Morgan fingerprint density at radius 1 is 1.14 bits per heavy atom. The molecule has 2 fully saturated rings. The number of halogens is 3. The Kier molecular flexibility index (Phi) is 3.84. The molecule has 1 atom stereocenters. The number of sulfonamides is 1. The van der Waals surface area contributed by atoms with Crippen molar-refractivity contribution in [1.29, 1.82) is 0 Å². The van der Waals surface area contributed by atoms with E-state index in [2.05, 4.69) is 4.72 Å². The van der Waals surface area contributed by atoms with Crippen LogP contribution in [0, 0.1) is 0 Å². The van der Waals surface area contributed by atoms with Crippen LogP contribution in [0.2, 0.25) is 0 Å². The molecule has 0 aromatic heterocycles. The van der Waals surface area contributed by atoms with Gasteiger partial charge in [0.05, 0.1) is 10.8 Å². The third kappa shape index (κ3) is 3.22. The minimum Gasteiger partial charge on any atom is -0.369 e. The zero-order chi connectivity index (χ0) is 16.0. The number of nitrogens with zero attached hydrogens (tertiary/aromatic N) is 1. The lowest BCUT2D eigenvalue weighted by Gasteiger charge is -2.23. The minimum absolute atomic E-state index is 0.114. The average molecular weight is 334 g/mol. The van der Waals surface area contributed by atoms with Crippen molar-refractivity contribution in [2.45, 2.75) is 36.7 Å². The molecule has 1 heterocycles. The molecule has 1 saturated carbocycles. The van der Waals surface area contributed by atoms with E-state index in [0.29, 0.717) is 25.8 Å². The van der Waals surface area contributed by atoms with Gasteiger partial charge in [0.15, 0.2) is 0 Å². The highest BCUT2D eigenvalue weighted by Gasteiger charge is 2.40. The molecular weight excluding hydrogens is 317 g/mol. The predicted octanol–water partition coefficient (Wildman–Crippen LogP) is 2.37. The second kappa shape index (κ2) is 5.42. The third-order valence-corrected chi connectivity index (χ3v) is 6.04. The number of hydrogen-bond acceptors (Lipinski definition) is 3. The van der Waals surface area contributed by atoms with Crippen LogP contribution in [0.3, 0.4) is 0 Å². The van der Waals surface area contributed by atoms with Crippen molar-refractivity contribution in [2.75, 3.05) is 18.0 Å². The van der Waals surface area contributed by atoms with Crippen LogP contribution in [0.5, 0.6) is 0 Å². The summed E-state index contributed by atoms with van der Waals surface area (Å²) in [6, 6.07) is 5.08. The summed E-state index contributed by atoms with van der Waals surface area (Å²) >= 11 is 0. The summed E-state index contributed by atoms with van der Waals surface area (Å²) in [6.07, 6.45) is -2.56. The van der Waals surface area contributed by atoms with Crippen LogP contribution in [-0.2, 0) is 16.2 Å². The third-order valence-electron chi connectivity index (χ3n) is 4.03. The van der Waals surface area contributed by atoms with Crippen molar-refractivity contribution in [2.24, 2.45) is 0 Å². The van der Waals surface area contributed by atoms with Crippen molar-refractivity contribution >= 4 is 15.7 Å². The standard InChI is InChI=1S/C14H17F3N2O2S/c15-14(16,17)12-3-1-2-4-13(12)19-8-7-10(9-19)18-22(20,21)11-5-6-11/h1-4,10-11,18H,5-9H2/t10-/m0/s1. The molecule has 0 unspecified atom stereocenters. The van der Waals surface area contributed by atoms with E-state index in [4.69, 9.17) is 0 Å². The number of alkyl halides is 3. The van der Waals surface area contributed by atoms with Crippen molar-refractivity contribution in [3.05, 3.63) is 29.8 Å². The summed E-state index contributed by atoms with van der Waals surface area (Å²) in [5.74, 6) is 0. The lowest BCUT2D eigenvalue weighted by Crippen LogP contribution is -2.39. The van der Waals surface area contributed by atoms with E-state index < -0.39 is 21.8 Å². The monoisotopic (exact) mass is 334 g/mol. The Morgan fingerprint density at radius 3 is 2.45 bits per heavy atom. The number of rotatable bonds is 4. The summed E-state index contributed by atoms with van der Waals surface area (Å²) in [7, 11) is -3.31. The second-order valence-corrected chi connectivity index (χ2v) is 7.80. The number of para-hydroxylation sites is 1. The Hall–Kier alpha value is -1.28. The van der Waals surface area contributed by atoms with Crippen LogP contribution in [0.4, 0.5) is 18.9 Å². The van der Waals surface area contributed by atoms with E-state index in [1.165, 1.54) is 12.1 Å². The lowest BCUT2D eigenvalue weighted by atomic mass is 10.1. The molecule has 1 N–H and O–H groups in total. The quantitative estimate of drug-likeness (QED) is 0.920. The second-order valence-electron chi connectivity index (χ2n) is 5.81. The van der Waals surface area contributed by atoms with Gasteiger partial charge < -0.3 is 4.90 Å². The lowest BCUT2D eigenvalue weighted by molar-refractivity contribution is -0.137. The molecule has 22 heavy (non-hydrogen) atoms. The first-order chi connectivity index (χ1) is 10.3. The molecule has 1 aliphatic heterocycles. The van der Waals surface area contributed by atoms with E-state index in [1.54, 1.807) is 11.0 Å². The molecule has 0 bridgehead atoms. The van der Waals surface area contributed by atoms with Gasteiger partial charge in [-0.2, -0.15) is 13.2 Å². The summed E-state index contributed by atoms with van der Waals surface area (Å²) in [5.41, 5.74) is -0.566. The van der Waals surface area contributed by atoms with Gasteiger partial charge >= 0.3 is 6.18 Å². The molecule has 1 aromatic rings. The first-order valence-corrected chi connectivity index (χ1v) is 8.74. The number of benzene rings is 1. The Morgan fingerprint density at radius 2 is 1.82 bits per heavy atom. The fourth-order valence-electron chi connectivity index (χ4n) is 2.77. The molecule has 122 valence electrons. The highest BCUT2D eigenvalue weighted by atomic mass is 32.2. The summed E-state index contributed by atoms with van der Waals surface area (Å²) in [4.78, 5) is 1.60. The van der Waals surface area contributed by atoms with Gasteiger partial charge in [0.2, 0.25) is 10.0 Å². The van der Waals surface area contributed by atoms with Gasteiger partial charge in [0.1, 0.15) is 0 Å². The molecule has 4 nitrogen and oxygen atoms in total. The fraction of sp³-hybridized carbons (Fsp3) is 0.571. The molecule has 1 saturated heterocycles. The number of nitrogens with one attached hydrogen (secondary N) is 1. The Labute approximate surface area is 127 Å². The summed E-state index contributed by atoms with van der Waals surface area (Å²) in [6.45, 7) is 0.671. The first-order valence-electron chi connectivity index (χ1n) is 7.20. The van der Waals surface area contributed by atoms with Gasteiger partial charge in [-0.1, -0.05) is 12.1 Å². The molecular formula is C14H17F3N2O2S. The maximum absolute atomic E-state index is 13.0. The summed E-state index contributed by atoms with van der Waals surface area (Å²) in [5, 5.41) is -0.316. The largest absolute Gasteiger partial charge is 0.418 e. The van der Waals surface area contributed by atoms with Crippen molar-refractivity contribution in [3.8, 4) is 0 Å². The summed E-state index contributed by atoms with van der Waals surface area (Å²) < 4.78 is 65.6. The van der Waals surface area contributed by atoms with E-state index in [1.807, 2.05) is 0 Å². The van der Waals surface area contributed by atoms with Crippen LogP contribution in [0.1, 0.15) is 24.8 Å². The smallest absolute Gasteiger partial charge is 0.369 e. The topological polar surface area (TPSA) is 49.4 Å². The molecule has 0 radical (unpaired) electrons. The van der Waals surface area contributed by atoms with Gasteiger partial charge in [-0.25, -0.2) is 13.1 Å². The number of hydrogen-bond donors (Lipinski definition) is 1. The molecule has 2 aliphatic rings. The van der Waals surface area contributed by atoms with Gasteiger partial charge in [0, 0.05) is 24.8 Å². The van der Waals surface area contributed by atoms with Crippen molar-refractivity contribution in [3.63, 3.8) is 0 Å². The van der Waals surface area contributed by atoms with Crippen molar-refractivity contribution in [1.82, 2.24) is 4.72 Å². The Bertz CT molecular complexity index is 656. The zero-order valence-corrected chi connectivity index (χ0v) is 12.6. The maximum atomic E-state index is 13.0. The molecule has 0 spiro atoms. The maximum Gasteiger partial charge on any atom is 0.418 e. The van der Waals surface area contributed by atoms with Crippen molar-refractivity contribution < 1.29 is 21.6 Å². The van der Waals surface area contributed by atoms with Gasteiger partial charge in [-0.05, 0) is 31.4 Å². The van der Waals surface area contributed by atoms with Gasteiger partial charge in [0.25, 0.3) is 0 Å². The predicted molar refractivity (Wildman–Crippen MR) is 77.1 cm³/mol. The molecule has 3 rings (SSSR count). The SMILES string of the molecule is O=S(=O)(N[C@H]1CCN(c2ccccc2C(F)(F)F)C1)C1CC1. The van der Waals surface area contributed by atoms with Crippen LogP contribution in [-0.4, -0.2) is 32.8 Å². The normalized spacial score (nSPS) is 23.0. The van der Waals surface area contributed by atoms with E-state index >= 15 is 0 Å². The van der Waals surface area contributed by atoms with Gasteiger partial charge in [-0.3, -0.25) is 0 Å². The average Bonchev–Trinajstić information content (AvgIpc) is 3.20. The van der Waals surface area contributed by atoms with E-state index in [0.717, 1.165) is 6.07 Å². The van der Waals surface area contributed by atoms with Crippen LogP contribution in [0.15, 0.2) is 24.3 Å². The number of anilines is 1.